The third-order valence-corrected chi connectivity index (χ3v) is 9.72. The molecule has 2 saturated carbocycles. The molecule has 2 aliphatic rings. The maximum Gasteiger partial charge on any atom is -0.0162 e. The van der Waals surface area contributed by atoms with Crippen LogP contribution in [0.5, 0.6) is 0 Å². The van der Waals surface area contributed by atoms with Crippen LogP contribution in [0.4, 0.5) is 0 Å². The van der Waals surface area contributed by atoms with Crippen molar-refractivity contribution >= 4 is 0 Å². The van der Waals surface area contributed by atoms with E-state index in [-0.39, 0.29) is 0 Å². The van der Waals surface area contributed by atoms with E-state index in [0.717, 1.165) is 17.8 Å². The molecule has 0 atom stereocenters. The summed E-state index contributed by atoms with van der Waals surface area (Å²) in [6, 6.07) is 19.2. The minimum absolute atomic E-state index is 0.597. The lowest BCUT2D eigenvalue weighted by molar-refractivity contribution is 0.177. The number of unbranched alkanes of at least 4 members (excludes halogenated alkanes) is 4. The molecule has 0 amide bonds. The first-order chi connectivity index (χ1) is 17.1. The maximum absolute atomic E-state index is 2.56. The van der Waals surface area contributed by atoms with Crippen molar-refractivity contribution in [3.63, 3.8) is 0 Å². The fraction of sp³-hybridized carbons (Fsp3) is 0.657. The van der Waals surface area contributed by atoms with Crippen LogP contribution in [0.2, 0.25) is 0 Å². The van der Waals surface area contributed by atoms with E-state index in [1.807, 2.05) is 0 Å². The van der Waals surface area contributed by atoms with Crippen LogP contribution in [-0.2, 0) is 0 Å². The normalized spacial score (nSPS) is 27.1. The lowest BCUT2D eigenvalue weighted by atomic mass is 9.68. The van der Waals surface area contributed by atoms with Crippen molar-refractivity contribution < 1.29 is 0 Å². The van der Waals surface area contributed by atoms with Crippen molar-refractivity contribution in [2.45, 2.75) is 135 Å². The average molecular weight is 473 g/mol. The molecule has 2 aromatic carbocycles. The van der Waals surface area contributed by atoms with E-state index in [4.69, 9.17) is 0 Å². The van der Waals surface area contributed by atoms with Crippen molar-refractivity contribution in [3.8, 4) is 11.1 Å². The Morgan fingerprint density at radius 3 is 1.63 bits per heavy atom. The molecule has 0 bridgehead atoms. The highest BCUT2D eigenvalue weighted by Crippen LogP contribution is 2.46. The SMILES string of the molecule is CCCCCCCC1(C)CCC(c2ccc(-c3ccc(C4CCC(CCC)CC4)cc3)cc2)CC1. The van der Waals surface area contributed by atoms with E-state index in [1.165, 1.54) is 114 Å². The van der Waals surface area contributed by atoms with Crippen LogP contribution >= 0.6 is 0 Å². The Morgan fingerprint density at radius 1 is 0.600 bits per heavy atom. The summed E-state index contributed by atoms with van der Waals surface area (Å²) >= 11 is 0. The van der Waals surface area contributed by atoms with Crippen LogP contribution in [0.3, 0.4) is 0 Å². The predicted molar refractivity (Wildman–Crippen MR) is 154 cm³/mol. The molecule has 0 saturated heterocycles. The second-order valence-corrected chi connectivity index (χ2v) is 12.5. The van der Waals surface area contributed by atoms with Crippen LogP contribution in [0, 0.1) is 11.3 Å². The number of benzene rings is 2. The van der Waals surface area contributed by atoms with E-state index in [2.05, 4.69) is 69.3 Å². The van der Waals surface area contributed by atoms with Gasteiger partial charge >= 0.3 is 0 Å². The van der Waals surface area contributed by atoms with Crippen LogP contribution in [0.15, 0.2) is 48.5 Å². The van der Waals surface area contributed by atoms with Gasteiger partial charge in [-0.3, -0.25) is 0 Å². The molecule has 0 spiro atoms. The zero-order chi connectivity index (χ0) is 24.5. The third kappa shape index (κ3) is 7.47. The first kappa shape index (κ1) is 26.5. The predicted octanol–water partition coefficient (Wildman–Crippen LogP) is 11.5. The largest absolute Gasteiger partial charge is 0.0654 e. The Balaban J connectivity index is 1.26. The van der Waals surface area contributed by atoms with E-state index >= 15 is 0 Å². The van der Waals surface area contributed by atoms with Crippen LogP contribution in [-0.4, -0.2) is 0 Å². The zero-order valence-electron chi connectivity index (χ0n) is 23.2. The Hall–Kier alpha value is -1.56. The summed E-state index contributed by atoms with van der Waals surface area (Å²) in [5, 5.41) is 0. The van der Waals surface area contributed by atoms with Crippen LogP contribution in [0.25, 0.3) is 11.1 Å². The molecule has 0 unspecified atom stereocenters. The molecule has 0 heteroatoms. The van der Waals surface area contributed by atoms with Gasteiger partial charge in [-0.15, -0.1) is 0 Å². The summed E-state index contributed by atoms with van der Waals surface area (Å²) < 4.78 is 0. The molecule has 0 N–H and O–H groups in total. The van der Waals surface area contributed by atoms with Gasteiger partial charge in [-0.25, -0.2) is 0 Å². The summed E-state index contributed by atoms with van der Waals surface area (Å²) in [6.07, 6.45) is 22.5. The molecular weight excluding hydrogens is 420 g/mol. The highest BCUT2D eigenvalue weighted by atomic mass is 14.4. The highest BCUT2D eigenvalue weighted by Gasteiger charge is 2.31. The topological polar surface area (TPSA) is 0 Å². The summed E-state index contributed by atoms with van der Waals surface area (Å²) in [5.41, 5.74) is 6.48. The molecule has 192 valence electrons. The van der Waals surface area contributed by atoms with Gasteiger partial charge in [0.25, 0.3) is 0 Å². The molecule has 35 heavy (non-hydrogen) atoms. The van der Waals surface area contributed by atoms with E-state index in [1.54, 1.807) is 11.1 Å². The smallest absolute Gasteiger partial charge is 0.0162 e. The average Bonchev–Trinajstić information content (AvgIpc) is 2.90. The van der Waals surface area contributed by atoms with Gasteiger partial charge in [0.05, 0.1) is 0 Å². The Bertz CT molecular complexity index is 842. The van der Waals surface area contributed by atoms with Gasteiger partial charge in [-0.05, 0) is 103 Å². The van der Waals surface area contributed by atoms with Gasteiger partial charge in [-0.2, -0.15) is 0 Å². The van der Waals surface area contributed by atoms with E-state index < -0.39 is 0 Å². The van der Waals surface area contributed by atoms with Gasteiger partial charge in [0.15, 0.2) is 0 Å². The van der Waals surface area contributed by atoms with Gasteiger partial charge in [0.1, 0.15) is 0 Å². The minimum atomic E-state index is 0.597. The van der Waals surface area contributed by atoms with E-state index in [9.17, 15) is 0 Å². The lowest BCUT2D eigenvalue weighted by Gasteiger charge is -2.38. The Morgan fingerprint density at radius 2 is 1.11 bits per heavy atom. The quantitative estimate of drug-likeness (QED) is 0.285. The number of hydrogen-bond acceptors (Lipinski definition) is 0. The summed E-state index contributed by atoms with van der Waals surface area (Å²) in [5.74, 6) is 2.54. The fourth-order valence-electron chi connectivity index (χ4n) is 7.14. The van der Waals surface area contributed by atoms with Crippen LogP contribution < -0.4 is 0 Å². The van der Waals surface area contributed by atoms with Gasteiger partial charge in [-0.1, -0.05) is 114 Å². The first-order valence-electron chi connectivity index (χ1n) is 15.3. The second kappa shape index (κ2) is 13.1. The van der Waals surface area contributed by atoms with Crippen molar-refractivity contribution in [2.75, 3.05) is 0 Å². The molecule has 0 aliphatic heterocycles. The van der Waals surface area contributed by atoms with Gasteiger partial charge in [0.2, 0.25) is 0 Å². The maximum atomic E-state index is 2.56. The standard InChI is InChI=1S/C35H52/c1-4-6-7-8-9-25-35(3)26-23-34(24-27-35)33-21-19-32(20-22-33)31-17-15-30(16-18-31)29-13-11-28(10-5-2)12-14-29/h15-22,28-29,34H,4-14,23-27H2,1-3H3. The molecule has 0 heterocycles. The van der Waals surface area contributed by atoms with Crippen molar-refractivity contribution in [1.29, 1.82) is 0 Å². The number of rotatable bonds is 11. The minimum Gasteiger partial charge on any atom is -0.0654 e. The molecule has 0 radical (unpaired) electrons. The Kier molecular flexibility index (Phi) is 9.93. The lowest BCUT2D eigenvalue weighted by Crippen LogP contribution is -2.23. The molecule has 2 fully saturated rings. The second-order valence-electron chi connectivity index (χ2n) is 12.5. The van der Waals surface area contributed by atoms with Crippen molar-refractivity contribution in [3.05, 3.63) is 59.7 Å². The van der Waals surface area contributed by atoms with Crippen LogP contribution in [0.1, 0.15) is 146 Å². The highest BCUT2D eigenvalue weighted by molar-refractivity contribution is 5.64. The molecule has 0 nitrogen and oxygen atoms in total. The summed E-state index contributed by atoms with van der Waals surface area (Å²) in [7, 11) is 0. The van der Waals surface area contributed by atoms with Crippen molar-refractivity contribution in [2.24, 2.45) is 11.3 Å². The van der Waals surface area contributed by atoms with Gasteiger partial charge < -0.3 is 0 Å². The fourth-order valence-corrected chi connectivity index (χ4v) is 7.14. The molecule has 2 aliphatic carbocycles. The first-order valence-corrected chi connectivity index (χ1v) is 15.3. The van der Waals surface area contributed by atoms with Crippen molar-refractivity contribution in [1.82, 2.24) is 0 Å². The molecule has 4 rings (SSSR count). The van der Waals surface area contributed by atoms with Gasteiger partial charge in [0, 0.05) is 0 Å². The summed E-state index contributed by atoms with van der Waals surface area (Å²) in [6.45, 7) is 7.21. The zero-order valence-corrected chi connectivity index (χ0v) is 23.2. The monoisotopic (exact) mass is 472 g/mol. The Labute approximate surface area is 217 Å². The third-order valence-electron chi connectivity index (χ3n) is 9.72. The summed E-state index contributed by atoms with van der Waals surface area (Å²) in [4.78, 5) is 0. The van der Waals surface area contributed by atoms with E-state index in [0.29, 0.717) is 5.41 Å². The molecule has 0 aromatic heterocycles. The molecule has 2 aromatic rings. The molecular formula is C35H52. The number of hydrogen-bond donors (Lipinski definition) is 0.